The summed E-state index contributed by atoms with van der Waals surface area (Å²) in [6.45, 7) is 4.37. The molecule has 134 valence electrons. The van der Waals surface area contributed by atoms with Gasteiger partial charge in [0.05, 0.1) is 15.2 Å². The highest BCUT2D eigenvalue weighted by atomic mass is 79.9. The van der Waals surface area contributed by atoms with Crippen LogP contribution < -0.4 is 5.32 Å². The number of carbonyl (C=O) groups excluding carboxylic acids is 2. The third-order valence-electron chi connectivity index (χ3n) is 3.73. The topological polar surface area (TPSA) is 61.9 Å². The summed E-state index contributed by atoms with van der Waals surface area (Å²) in [6, 6.07) is 1.84. The Morgan fingerprint density at radius 1 is 1.29 bits per heavy atom. The molecule has 0 spiro atoms. The zero-order chi connectivity index (χ0) is 17.5. The SMILES string of the molecule is COCCCNC(=O)CN1CCN(C(=O)c2cc(Br)c(Br)s2)CC1. The number of hydrogen-bond acceptors (Lipinski definition) is 5. The summed E-state index contributed by atoms with van der Waals surface area (Å²) in [5, 5.41) is 2.88. The summed E-state index contributed by atoms with van der Waals surface area (Å²) in [5.41, 5.74) is 0. The number of amides is 2. The lowest BCUT2D eigenvalue weighted by molar-refractivity contribution is -0.122. The van der Waals surface area contributed by atoms with Gasteiger partial charge in [0.15, 0.2) is 0 Å². The fraction of sp³-hybridized carbons (Fsp3) is 0.600. The molecule has 1 aromatic rings. The molecular weight excluding hydrogens is 462 g/mol. The van der Waals surface area contributed by atoms with E-state index in [1.807, 2.05) is 11.0 Å². The lowest BCUT2D eigenvalue weighted by Gasteiger charge is -2.34. The Kier molecular flexibility index (Phi) is 8.15. The van der Waals surface area contributed by atoms with E-state index in [0.717, 1.165) is 19.6 Å². The van der Waals surface area contributed by atoms with Crippen LogP contribution in [0.5, 0.6) is 0 Å². The fourth-order valence-electron chi connectivity index (χ4n) is 2.42. The van der Waals surface area contributed by atoms with Crippen LogP contribution in [0.2, 0.25) is 0 Å². The molecule has 6 nitrogen and oxygen atoms in total. The van der Waals surface area contributed by atoms with Crippen molar-refractivity contribution in [2.75, 3.05) is 53.0 Å². The number of halogens is 2. The van der Waals surface area contributed by atoms with Gasteiger partial charge in [0.2, 0.25) is 5.91 Å². The molecule has 1 aliphatic heterocycles. The van der Waals surface area contributed by atoms with Crippen LogP contribution in [0.1, 0.15) is 16.1 Å². The van der Waals surface area contributed by atoms with Crippen LogP contribution in [0, 0.1) is 0 Å². The highest BCUT2D eigenvalue weighted by molar-refractivity contribution is 9.13. The third kappa shape index (κ3) is 5.80. The molecule has 2 heterocycles. The minimum atomic E-state index is 0.0250. The maximum Gasteiger partial charge on any atom is 0.264 e. The second-order valence-electron chi connectivity index (χ2n) is 5.50. The molecule has 2 amide bonds. The van der Waals surface area contributed by atoms with Gasteiger partial charge >= 0.3 is 0 Å². The lowest BCUT2D eigenvalue weighted by Crippen LogP contribution is -2.51. The van der Waals surface area contributed by atoms with Crippen molar-refractivity contribution in [2.24, 2.45) is 0 Å². The van der Waals surface area contributed by atoms with Crippen molar-refractivity contribution in [1.29, 1.82) is 0 Å². The standard InChI is InChI=1S/C15H21Br2N3O3S/c1-23-8-2-3-18-13(21)10-19-4-6-20(7-5-19)15(22)12-9-11(16)14(17)24-12/h9H,2-8,10H2,1H3,(H,18,21). The molecule has 2 rings (SSSR count). The van der Waals surface area contributed by atoms with Crippen LogP contribution in [0.4, 0.5) is 0 Å². The molecule has 0 unspecified atom stereocenters. The average molecular weight is 483 g/mol. The number of ether oxygens (including phenoxy) is 1. The van der Waals surface area contributed by atoms with Crippen molar-refractivity contribution in [3.05, 3.63) is 19.2 Å². The Bertz CT molecular complexity index is 555. The van der Waals surface area contributed by atoms with E-state index in [2.05, 4.69) is 42.1 Å². The quantitative estimate of drug-likeness (QED) is 0.605. The molecule has 0 atom stereocenters. The van der Waals surface area contributed by atoms with Crippen LogP contribution in [0.15, 0.2) is 14.3 Å². The number of thiophene rings is 1. The highest BCUT2D eigenvalue weighted by Gasteiger charge is 2.24. The molecule has 9 heteroatoms. The molecule has 1 aromatic heterocycles. The maximum atomic E-state index is 12.5. The van der Waals surface area contributed by atoms with E-state index in [9.17, 15) is 9.59 Å². The fourth-order valence-corrected chi connectivity index (χ4v) is 4.42. The Morgan fingerprint density at radius 2 is 2.00 bits per heavy atom. The van der Waals surface area contributed by atoms with Gasteiger partial charge in [0.25, 0.3) is 5.91 Å². The summed E-state index contributed by atoms with van der Waals surface area (Å²) in [4.78, 5) is 29.0. The second kappa shape index (κ2) is 9.86. The summed E-state index contributed by atoms with van der Waals surface area (Å²) in [5.74, 6) is 0.0760. The second-order valence-corrected chi connectivity index (χ2v) is 8.72. The van der Waals surface area contributed by atoms with Crippen LogP contribution in [0.3, 0.4) is 0 Å². The third-order valence-corrected chi connectivity index (χ3v) is 6.97. The van der Waals surface area contributed by atoms with Crippen molar-refractivity contribution < 1.29 is 14.3 Å². The predicted octanol–water partition coefficient (Wildman–Crippen LogP) is 2.18. The molecule has 1 aliphatic rings. The van der Waals surface area contributed by atoms with Crippen LogP contribution >= 0.6 is 43.2 Å². The largest absolute Gasteiger partial charge is 0.385 e. The Hall–Kier alpha value is -0.480. The number of carbonyl (C=O) groups is 2. The van der Waals surface area contributed by atoms with Gasteiger partial charge in [-0.05, 0) is 44.3 Å². The first kappa shape index (κ1) is 19.8. The van der Waals surface area contributed by atoms with Crippen LogP contribution in [-0.4, -0.2) is 74.6 Å². The van der Waals surface area contributed by atoms with Crippen LogP contribution in [-0.2, 0) is 9.53 Å². The maximum absolute atomic E-state index is 12.5. The predicted molar refractivity (Wildman–Crippen MR) is 102 cm³/mol. The average Bonchev–Trinajstić information content (AvgIpc) is 2.91. The number of nitrogens with zero attached hydrogens (tertiary/aromatic N) is 2. The van der Waals surface area contributed by atoms with E-state index in [4.69, 9.17) is 4.74 Å². The summed E-state index contributed by atoms with van der Waals surface area (Å²) < 4.78 is 6.78. The Balaban J connectivity index is 1.73. The first-order valence-corrected chi connectivity index (χ1v) is 10.1. The van der Waals surface area contributed by atoms with Gasteiger partial charge in [-0.25, -0.2) is 0 Å². The first-order chi connectivity index (χ1) is 11.5. The number of nitrogens with one attached hydrogen (secondary N) is 1. The van der Waals surface area contributed by atoms with Gasteiger partial charge in [0, 0.05) is 50.9 Å². The van der Waals surface area contributed by atoms with Crippen molar-refractivity contribution in [3.8, 4) is 0 Å². The number of piperazine rings is 1. The van der Waals surface area contributed by atoms with E-state index >= 15 is 0 Å². The Labute approximate surface area is 162 Å². The van der Waals surface area contributed by atoms with Gasteiger partial charge in [-0.3, -0.25) is 14.5 Å². The van der Waals surface area contributed by atoms with Gasteiger partial charge in [-0.1, -0.05) is 0 Å². The van der Waals surface area contributed by atoms with Crippen molar-refractivity contribution in [3.63, 3.8) is 0 Å². The lowest BCUT2D eigenvalue weighted by atomic mass is 10.3. The van der Waals surface area contributed by atoms with E-state index in [1.54, 1.807) is 7.11 Å². The molecule has 0 aromatic carbocycles. The molecule has 1 saturated heterocycles. The van der Waals surface area contributed by atoms with Gasteiger partial charge < -0.3 is 15.0 Å². The molecule has 0 aliphatic carbocycles. The van der Waals surface area contributed by atoms with E-state index in [1.165, 1.54) is 11.3 Å². The highest BCUT2D eigenvalue weighted by Crippen LogP contribution is 2.33. The smallest absolute Gasteiger partial charge is 0.264 e. The van der Waals surface area contributed by atoms with Crippen LogP contribution in [0.25, 0.3) is 0 Å². The minimum Gasteiger partial charge on any atom is -0.385 e. The molecule has 0 radical (unpaired) electrons. The first-order valence-electron chi connectivity index (χ1n) is 7.73. The number of rotatable bonds is 7. The Morgan fingerprint density at radius 3 is 2.58 bits per heavy atom. The van der Waals surface area contributed by atoms with E-state index in [-0.39, 0.29) is 11.8 Å². The monoisotopic (exact) mass is 481 g/mol. The van der Waals surface area contributed by atoms with Gasteiger partial charge in [-0.2, -0.15) is 0 Å². The normalized spacial score (nSPS) is 15.5. The molecule has 0 bridgehead atoms. The molecule has 1 fully saturated rings. The summed E-state index contributed by atoms with van der Waals surface area (Å²) in [6.07, 6.45) is 0.816. The van der Waals surface area contributed by atoms with Gasteiger partial charge in [0.1, 0.15) is 0 Å². The van der Waals surface area contributed by atoms with E-state index < -0.39 is 0 Å². The van der Waals surface area contributed by atoms with Crippen molar-refractivity contribution >= 4 is 55.0 Å². The van der Waals surface area contributed by atoms with Crippen molar-refractivity contribution in [1.82, 2.24) is 15.1 Å². The zero-order valence-electron chi connectivity index (χ0n) is 13.5. The van der Waals surface area contributed by atoms with Gasteiger partial charge in [-0.15, -0.1) is 11.3 Å². The summed E-state index contributed by atoms with van der Waals surface area (Å²) >= 11 is 8.25. The molecular formula is C15H21Br2N3O3S. The molecule has 0 saturated carbocycles. The minimum absolute atomic E-state index is 0.0250. The van der Waals surface area contributed by atoms with E-state index in [0.29, 0.717) is 45.9 Å². The van der Waals surface area contributed by atoms with Crippen molar-refractivity contribution in [2.45, 2.75) is 6.42 Å². The number of hydrogen-bond donors (Lipinski definition) is 1. The zero-order valence-corrected chi connectivity index (χ0v) is 17.5. The molecule has 1 N–H and O–H groups in total. The summed E-state index contributed by atoms with van der Waals surface area (Å²) in [7, 11) is 1.65. The number of methoxy groups -OCH3 is 1. The molecule has 24 heavy (non-hydrogen) atoms.